The zero-order chi connectivity index (χ0) is 17.6. The summed E-state index contributed by atoms with van der Waals surface area (Å²) in [7, 11) is 0. The fourth-order valence-corrected chi connectivity index (χ4v) is 2.97. The maximum atomic E-state index is 11.4. The molecule has 2 aromatic heterocycles. The lowest BCUT2D eigenvalue weighted by Crippen LogP contribution is -2.27. The molecular formula is C19H22N4O2. The van der Waals surface area contributed by atoms with Gasteiger partial charge in [0.25, 0.3) is 5.91 Å². The molecule has 0 atom stereocenters. The molecule has 1 amide bonds. The molecule has 0 aliphatic rings. The number of nitrogens with zero attached hydrogens (tertiary/aromatic N) is 2. The molecule has 0 bridgehead atoms. The highest BCUT2D eigenvalue weighted by atomic mass is 16.5. The topological polar surface area (TPSA) is 78.7 Å². The predicted molar refractivity (Wildman–Crippen MR) is 96.9 cm³/mol. The third-order valence-corrected chi connectivity index (χ3v) is 4.08. The normalized spacial score (nSPS) is 10.8. The van der Waals surface area contributed by atoms with Gasteiger partial charge in [0.05, 0.1) is 12.2 Å². The first kappa shape index (κ1) is 17.0. The van der Waals surface area contributed by atoms with E-state index in [2.05, 4.69) is 39.8 Å². The number of carbonyl (C=O) groups excluding carboxylic acids is 1. The molecule has 0 saturated carbocycles. The van der Waals surface area contributed by atoms with Crippen LogP contribution in [0.25, 0.3) is 5.65 Å². The molecule has 3 rings (SSSR count). The van der Waals surface area contributed by atoms with E-state index in [0.29, 0.717) is 12.2 Å². The molecule has 0 aliphatic carbocycles. The van der Waals surface area contributed by atoms with Crippen LogP contribution in [0.4, 0.5) is 5.82 Å². The fraction of sp³-hybridized carbons (Fsp3) is 0.263. The number of pyridine rings is 1. The summed E-state index contributed by atoms with van der Waals surface area (Å²) in [6.45, 7) is 2.11. The van der Waals surface area contributed by atoms with E-state index in [1.807, 2.05) is 30.3 Å². The van der Waals surface area contributed by atoms with Crippen LogP contribution < -0.4 is 10.8 Å². The molecule has 0 fully saturated rings. The van der Waals surface area contributed by atoms with Crippen molar-refractivity contribution < 1.29 is 10.0 Å². The second-order valence-electron chi connectivity index (χ2n) is 5.92. The summed E-state index contributed by atoms with van der Waals surface area (Å²) >= 11 is 0. The molecule has 1 aromatic carbocycles. The van der Waals surface area contributed by atoms with Crippen LogP contribution in [0.15, 0.2) is 48.5 Å². The molecule has 3 aromatic rings. The molecule has 0 aliphatic heterocycles. The Morgan fingerprint density at radius 1 is 1.16 bits per heavy atom. The van der Waals surface area contributed by atoms with E-state index in [-0.39, 0.29) is 6.54 Å². The minimum atomic E-state index is -0.503. The van der Waals surface area contributed by atoms with E-state index in [4.69, 9.17) is 5.21 Å². The quantitative estimate of drug-likeness (QED) is 0.457. The average Bonchev–Trinajstić information content (AvgIpc) is 2.99. The highest BCUT2D eigenvalue weighted by molar-refractivity contribution is 5.79. The van der Waals surface area contributed by atoms with Crippen molar-refractivity contribution in [2.24, 2.45) is 0 Å². The van der Waals surface area contributed by atoms with Gasteiger partial charge >= 0.3 is 0 Å². The summed E-state index contributed by atoms with van der Waals surface area (Å²) in [6, 6.07) is 16.2. The van der Waals surface area contributed by atoms with E-state index in [9.17, 15) is 4.79 Å². The van der Waals surface area contributed by atoms with Gasteiger partial charge in [-0.05, 0) is 24.1 Å². The Hall–Kier alpha value is -2.86. The van der Waals surface area contributed by atoms with Crippen molar-refractivity contribution in [1.82, 2.24) is 14.9 Å². The van der Waals surface area contributed by atoms with E-state index in [0.717, 1.165) is 24.2 Å². The Morgan fingerprint density at radius 3 is 2.68 bits per heavy atom. The maximum absolute atomic E-state index is 11.4. The number of carbonyl (C=O) groups is 1. The highest BCUT2D eigenvalue weighted by Crippen LogP contribution is 2.23. The minimum absolute atomic E-state index is 0.0364. The molecule has 0 saturated heterocycles. The van der Waals surface area contributed by atoms with Crippen LogP contribution in [0.3, 0.4) is 0 Å². The number of fused-ring (bicyclic) bond motifs is 1. The number of imidazole rings is 1. The van der Waals surface area contributed by atoms with Crippen LogP contribution >= 0.6 is 0 Å². The molecule has 130 valence electrons. The number of aryl methyl sites for hydroxylation is 1. The van der Waals surface area contributed by atoms with Crippen molar-refractivity contribution in [3.8, 4) is 0 Å². The highest BCUT2D eigenvalue weighted by Gasteiger charge is 2.15. The Balaban J connectivity index is 2.05. The van der Waals surface area contributed by atoms with Gasteiger partial charge in [-0.25, -0.2) is 10.5 Å². The lowest BCUT2D eigenvalue weighted by Gasteiger charge is -2.10. The Labute approximate surface area is 146 Å². The van der Waals surface area contributed by atoms with E-state index in [1.54, 1.807) is 5.48 Å². The van der Waals surface area contributed by atoms with Crippen molar-refractivity contribution in [3.05, 3.63) is 65.5 Å². The molecule has 6 nitrogen and oxygen atoms in total. The van der Waals surface area contributed by atoms with E-state index >= 15 is 0 Å². The number of aromatic nitrogens is 2. The molecule has 3 N–H and O–H groups in total. The van der Waals surface area contributed by atoms with E-state index < -0.39 is 5.91 Å². The predicted octanol–water partition coefficient (Wildman–Crippen LogP) is 2.79. The van der Waals surface area contributed by atoms with Gasteiger partial charge < -0.3 is 5.32 Å². The van der Waals surface area contributed by atoms with Crippen LogP contribution in [0.5, 0.6) is 0 Å². The smallest absolute Gasteiger partial charge is 0.262 e. The van der Waals surface area contributed by atoms with Gasteiger partial charge in [-0.2, -0.15) is 0 Å². The number of hydroxylamine groups is 1. The monoisotopic (exact) mass is 338 g/mol. The molecule has 0 spiro atoms. The number of nitrogens with one attached hydrogen (secondary N) is 2. The summed E-state index contributed by atoms with van der Waals surface area (Å²) < 4.78 is 2.16. The summed E-state index contributed by atoms with van der Waals surface area (Å²) in [5, 5.41) is 11.7. The Kier molecular flexibility index (Phi) is 5.30. The summed E-state index contributed by atoms with van der Waals surface area (Å²) in [5.41, 5.74) is 5.86. The summed E-state index contributed by atoms with van der Waals surface area (Å²) in [5.74, 6) is 0.160. The lowest BCUT2D eigenvalue weighted by molar-refractivity contribution is -0.127. The van der Waals surface area contributed by atoms with Crippen molar-refractivity contribution in [3.63, 3.8) is 0 Å². The van der Waals surface area contributed by atoms with Gasteiger partial charge in [0.1, 0.15) is 11.5 Å². The van der Waals surface area contributed by atoms with Crippen molar-refractivity contribution >= 4 is 17.4 Å². The number of hydrogen-bond donors (Lipinski definition) is 3. The van der Waals surface area contributed by atoms with Gasteiger partial charge in [0, 0.05) is 12.1 Å². The Bertz CT molecular complexity index is 858. The number of benzene rings is 1. The summed E-state index contributed by atoms with van der Waals surface area (Å²) in [6.07, 6.45) is 2.69. The number of rotatable bonds is 7. The number of hydrogen-bond acceptors (Lipinski definition) is 4. The van der Waals surface area contributed by atoms with Crippen LogP contribution in [0.1, 0.15) is 30.3 Å². The summed E-state index contributed by atoms with van der Waals surface area (Å²) in [4.78, 5) is 16.0. The van der Waals surface area contributed by atoms with Gasteiger partial charge in [0.2, 0.25) is 0 Å². The molecule has 25 heavy (non-hydrogen) atoms. The van der Waals surface area contributed by atoms with Crippen LogP contribution in [0.2, 0.25) is 0 Å². The van der Waals surface area contributed by atoms with E-state index in [1.165, 1.54) is 11.3 Å². The largest absolute Gasteiger partial charge is 0.359 e. The second-order valence-corrected chi connectivity index (χ2v) is 5.92. The van der Waals surface area contributed by atoms with Crippen LogP contribution in [-0.2, 0) is 17.6 Å². The second kappa shape index (κ2) is 7.81. The lowest BCUT2D eigenvalue weighted by atomic mass is 10.1. The van der Waals surface area contributed by atoms with Crippen molar-refractivity contribution in [1.29, 1.82) is 0 Å². The van der Waals surface area contributed by atoms with Gasteiger partial charge in [-0.15, -0.1) is 0 Å². The Morgan fingerprint density at radius 2 is 1.96 bits per heavy atom. The maximum Gasteiger partial charge on any atom is 0.262 e. The third-order valence-electron chi connectivity index (χ3n) is 4.08. The molecular weight excluding hydrogens is 316 g/mol. The molecule has 2 heterocycles. The first-order valence-electron chi connectivity index (χ1n) is 8.43. The fourth-order valence-electron chi connectivity index (χ4n) is 2.97. The first-order chi connectivity index (χ1) is 12.2. The SMILES string of the molecule is CCCc1cccc2nc(NCC(=O)NO)c(Cc3ccccc3)n12. The zero-order valence-electron chi connectivity index (χ0n) is 14.2. The van der Waals surface area contributed by atoms with Gasteiger partial charge in [0.15, 0.2) is 0 Å². The standard InChI is InChI=1S/C19H22N4O2/c1-2-7-15-10-6-11-17-21-19(20-13-18(24)22-25)16(23(15)17)12-14-8-4-3-5-9-14/h3-6,8-11,20,25H,2,7,12-13H2,1H3,(H,22,24). The number of amides is 1. The molecule has 0 unspecified atom stereocenters. The molecule has 6 heteroatoms. The van der Waals surface area contributed by atoms with Crippen LogP contribution in [0, 0.1) is 0 Å². The van der Waals surface area contributed by atoms with Crippen molar-refractivity contribution in [2.45, 2.75) is 26.2 Å². The van der Waals surface area contributed by atoms with Crippen molar-refractivity contribution in [2.75, 3.05) is 11.9 Å². The zero-order valence-corrected chi connectivity index (χ0v) is 14.2. The molecule has 0 radical (unpaired) electrons. The average molecular weight is 338 g/mol. The first-order valence-corrected chi connectivity index (χ1v) is 8.43. The van der Waals surface area contributed by atoms with Gasteiger partial charge in [-0.3, -0.25) is 14.4 Å². The number of anilines is 1. The van der Waals surface area contributed by atoms with Crippen LogP contribution in [-0.4, -0.2) is 27.0 Å². The minimum Gasteiger partial charge on any atom is -0.359 e. The third kappa shape index (κ3) is 3.80. The van der Waals surface area contributed by atoms with Gasteiger partial charge in [-0.1, -0.05) is 49.7 Å².